The maximum Gasteiger partial charge on any atom is 0.312 e. The van der Waals surface area contributed by atoms with Gasteiger partial charge in [0.15, 0.2) is 0 Å². The first kappa shape index (κ1) is 18.8. The van der Waals surface area contributed by atoms with E-state index in [2.05, 4.69) is 33.6 Å². The van der Waals surface area contributed by atoms with Crippen molar-refractivity contribution in [1.82, 2.24) is 19.8 Å². The highest BCUT2D eigenvalue weighted by Crippen LogP contribution is 2.44. The molecule has 3 saturated heterocycles. The zero-order chi connectivity index (χ0) is 19.0. The van der Waals surface area contributed by atoms with E-state index in [1.54, 1.807) is 0 Å². The van der Waals surface area contributed by atoms with Crippen LogP contribution < -0.4 is 0 Å². The van der Waals surface area contributed by atoms with Gasteiger partial charge in [-0.3, -0.25) is 14.6 Å². The van der Waals surface area contributed by atoms with E-state index >= 15 is 0 Å². The van der Waals surface area contributed by atoms with Gasteiger partial charge in [0.05, 0.1) is 5.41 Å². The van der Waals surface area contributed by atoms with Gasteiger partial charge in [0.25, 0.3) is 0 Å². The van der Waals surface area contributed by atoms with Crippen LogP contribution in [-0.4, -0.2) is 76.3 Å². The molecule has 0 unspecified atom stereocenters. The molecular weight excluding hydrogens is 344 g/mol. The Morgan fingerprint density at radius 2 is 1.96 bits per heavy atom. The zero-order valence-corrected chi connectivity index (χ0v) is 16.3. The molecule has 0 aromatic carbocycles. The molecule has 1 N–H and O–H groups in total. The highest BCUT2D eigenvalue weighted by atomic mass is 16.5. The van der Waals surface area contributed by atoms with Crippen LogP contribution in [0.1, 0.15) is 44.0 Å². The predicted molar refractivity (Wildman–Crippen MR) is 100 cm³/mol. The second kappa shape index (κ2) is 7.45. The molecule has 1 aromatic heterocycles. The number of rotatable bonds is 5. The zero-order valence-electron chi connectivity index (χ0n) is 16.3. The van der Waals surface area contributed by atoms with Crippen LogP contribution in [0.5, 0.6) is 0 Å². The summed E-state index contributed by atoms with van der Waals surface area (Å²) >= 11 is 0. The van der Waals surface area contributed by atoms with Crippen LogP contribution in [0.3, 0.4) is 0 Å². The molecule has 148 valence electrons. The summed E-state index contributed by atoms with van der Waals surface area (Å²) in [7, 11) is 0. The number of ether oxygens (including phenoxy) is 1. The second-order valence-corrected chi connectivity index (χ2v) is 8.71. The molecule has 1 aromatic rings. The third kappa shape index (κ3) is 3.60. The highest BCUT2D eigenvalue weighted by Gasteiger charge is 2.58. The van der Waals surface area contributed by atoms with Crippen molar-refractivity contribution in [1.29, 1.82) is 0 Å². The molecule has 0 bridgehead atoms. The van der Waals surface area contributed by atoms with Crippen molar-refractivity contribution in [3.8, 4) is 0 Å². The van der Waals surface area contributed by atoms with Crippen LogP contribution in [0, 0.1) is 11.3 Å². The van der Waals surface area contributed by atoms with Crippen molar-refractivity contribution in [3.05, 3.63) is 23.8 Å². The van der Waals surface area contributed by atoms with Crippen molar-refractivity contribution in [2.45, 2.75) is 45.2 Å². The van der Waals surface area contributed by atoms with Crippen LogP contribution in [0.25, 0.3) is 0 Å². The Hall–Kier alpha value is -1.57. The first-order valence-electron chi connectivity index (χ1n) is 10.1. The van der Waals surface area contributed by atoms with Crippen molar-refractivity contribution < 1.29 is 14.6 Å². The largest absolute Gasteiger partial charge is 0.481 e. The average Bonchev–Trinajstić information content (AvgIpc) is 3.18. The maximum absolute atomic E-state index is 12.2. The normalized spacial score (nSPS) is 30.1. The average molecular weight is 374 g/mol. The SMILES string of the molecule is CC(C)c1ncc(CN2C[C@@H]3CN(C4CCOCC4)C[C@]3(C(=O)O)C2)cn1. The van der Waals surface area contributed by atoms with Gasteiger partial charge in [-0.15, -0.1) is 0 Å². The summed E-state index contributed by atoms with van der Waals surface area (Å²) in [6.07, 6.45) is 5.81. The van der Waals surface area contributed by atoms with E-state index in [9.17, 15) is 9.90 Å². The molecule has 27 heavy (non-hydrogen) atoms. The van der Waals surface area contributed by atoms with Gasteiger partial charge >= 0.3 is 5.97 Å². The molecule has 4 heterocycles. The van der Waals surface area contributed by atoms with Crippen molar-refractivity contribution >= 4 is 5.97 Å². The summed E-state index contributed by atoms with van der Waals surface area (Å²) in [5, 5.41) is 10.1. The van der Waals surface area contributed by atoms with E-state index in [1.807, 2.05) is 12.4 Å². The lowest BCUT2D eigenvalue weighted by Crippen LogP contribution is -2.44. The molecule has 7 heteroatoms. The van der Waals surface area contributed by atoms with Crippen LogP contribution in [0.2, 0.25) is 0 Å². The van der Waals surface area contributed by atoms with E-state index < -0.39 is 11.4 Å². The Morgan fingerprint density at radius 1 is 1.26 bits per heavy atom. The molecule has 3 aliphatic rings. The minimum absolute atomic E-state index is 0.189. The third-order valence-electron chi connectivity index (χ3n) is 6.49. The molecule has 0 radical (unpaired) electrons. The molecule has 4 rings (SSSR count). The predicted octanol–water partition coefficient (Wildman–Crippen LogP) is 1.60. The van der Waals surface area contributed by atoms with Gasteiger partial charge in [-0.25, -0.2) is 9.97 Å². The summed E-state index contributed by atoms with van der Waals surface area (Å²) < 4.78 is 5.47. The van der Waals surface area contributed by atoms with Gasteiger partial charge in [0.1, 0.15) is 5.82 Å². The fourth-order valence-electron chi connectivity index (χ4n) is 4.96. The number of carboxylic acid groups (broad SMARTS) is 1. The summed E-state index contributed by atoms with van der Waals surface area (Å²) in [5.41, 5.74) is 0.415. The lowest BCUT2D eigenvalue weighted by molar-refractivity contribution is -0.149. The summed E-state index contributed by atoms with van der Waals surface area (Å²) in [5.74, 6) is 0.715. The third-order valence-corrected chi connectivity index (χ3v) is 6.49. The van der Waals surface area contributed by atoms with Crippen molar-refractivity contribution in [2.24, 2.45) is 11.3 Å². The van der Waals surface area contributed by atoms with E-state index in [0.717, 1.165) is 57.1 Å². The maximum atomic E-state index is 12.2. The van der Waals surface area contributed by atoms with Gasteiger partial charge in [-0.2, -0.15) is 0 Å². The summed E-state index contributed by atoms with van der Waals surface area (Å²) in [4.78, 5) is 25.8. The fraction of sp³-hybridized carbons (Fsp3) is 0.750. The van der Waals surface area contributed by atoms with Gasteiger partial charge in [-0.1, -0.05) is 13.8 Å². The first-order valence-corrected chi connectivity index (χ1v) is 10.1. The van der Waals surface area contributed by atoms with Crippen molar-refractivity contribution in [2.75, 3.05) is 39.4 Å². The van der Waals surface area contributed by atoms with Crippen LogP contribution >= 0.6 is 0 Å². The Kier molecular flexibility index (Phi) is 5.18. The molecule has 3 aliphatic heterocycles. The Morgan fingerprint density at radius 3 is 2.56 bits per heavy atom. The number of hydrogen-bond donors (Lipinski definition) is 1. The van der Waals surface area contributed by atoms with E-state index in [4.69, 9.17) is 4.74 Å². The molecule has 0 saturated carbocycles. The molecular formula is C20H30N4O3. The van der Waals surface area contributed by atoms with Gasteiger partial charge in [-0.05, 0) is 12.8 Å². The Bertz CT molecular complexity index is 674. The number of hydrogen-bond acceptors (Lipinski definition) is 6. The number of aliphatic carboxylic acids is 1. The van der Waals surface area contributed by atoms with Crippen LogP contribution in [0.4, 0.5) is 0 Å². The van der Waals surface area contributed by atoms with Crippen LogP contribution in [0.15, 0.2) is 12.4 Å². The van der Waals surface area contributed by atoms with Gasteiger partial charge in [0, 0.05) is 81.8 Å². The van der Waals surface area contributed by atoms with E-state index in [0.29, 0.717) is 25.0 Å². The summed E-state index contributed by atoms with van der Waals surface area (Å²) in [6, 6.07) is 0.478. The fourth-order valence-corrected chi connectivity index (χ4v) is 4.96. The van der Waals surface area contributed by atoms with Crippen LogP contribution in [-0.2, 0) is 16.1 Å². The molecule has 0 amide bonds. The number of nitrogens with zero attached hydrogens (tertiary/aromatic N) is 4. The van der Waals surface area contributed by atoms with Gasteiger partial charge in [0.2, 0.25) is 0 Å². The molecule has 7 nitrogen and oxygen atoms in total. The molecule has 0 spiro atoms. The summed E-state index contributed by atoms with van der Waals surface area (Å²) in [6.45, 7) is 9.47. The minimum atomic E-state index is -0.643. The lowest BCUT2D eigenvalue weighted by atomic mass is 9.81. The van der Waals surface area contributed by atoms with E-state index in [1.165, 1.54) is 0 Å². The number of fused-ring (bicyclic) bond motifs is 1. The topological polar surface area (TPSA) is 78.8 Å². The van der Waals surface area contributed by atoms with Gasteiger partial charge < -0.3 is 9.84 Å². The number of carbonyl (C=O) groups is 1. The number of likely N-dealkylation sites (tertiary alicyclic amines) is 2. The minimum Gasteiger partial charge on any atom is -0.481 e. The molecule has 0 aliphatic carbocycles. The Balaban J connectivity index is 1.42. The molecule has 2 atom stereocenters. The monoisotopic (exact) mass is 374 g/mol. The smallest absolute Gasteiger partial charge is 0.312 e. The first-order chi connectivity index (χ1) is 13.0. The van der Waals surface area contributed by atoms with Crippen molar-refractivity contribution in [3.63, 3.8) is 0 Å². The highest BCUT2D eigenvalue weighted by molar-refractivity contribution is 5.77. The second-order valence-electron chi connectivity index (χ2n) is 8.71. The number of carboxylic acids is 1. The van der Waals surface area contributed by atoms with E-state index in [-0.39, 0.29) is 5.92 Å². The Labute approximate surface area is 160 Å². The lowest BCUT2D eigenvalue weighted by Gasteiger charge is -2.33. The molecule has 3 fully saturated rings. The standard InChI is InChI=1S/C20H30N4O3/c1-14(2)18-21-7-15(8-22-18)9-23-10-16-11-24(17-3-5-27-6-4-17)13-20(16,12-23)19(25)26/h7-8,14,16-17H,3-6,9-13H2,1-2H3,(H,25,26)/t16-,20-/m1/s1. The number of aromatic nitrogens is 2. The quantitative estimate of drug-likeness (QED) is 0.838.